The van der Waals surface area contributed by atoms with Crippen molar-refractivity contribution in [2.75, 3.05) is 12.4 Å². The molecule has 0 fully saturated rings. The van der Waals surface area contributed by atoms with E-state index in [-0.39, 0.29) is 6.10 Å². The molecule has 2 aromatic carbocycles. The number of anilines is 1. The van der Waals surface area contributed by atoms with Crippen molar-refractivity contribution in [2.45, 2.75) is 33.0 Å². The Bertz CT molecular complexity index is 805. The molecule has 2 rings (SSSR count). The third-order valence-electron chi connectivity index (χ3n) is 3.53. The molecule has 1 amide bonds. The summed E-state index contributed by atoms with van der Waals surface area (Å²) < 4.78 is 15.8. The summed E-state index contributed by atoms with van der Waals surface area (Å²) in [5.74, 6) is 0.0913. The third-order valence-corrected chi connectivity index (χ3v) is 3.83. The van der Waals surface area contributed by atoms with Crippen molar-refractivity contribution >= 4 is 29.2 Å². The molecule has 0 aromatic heterocycles. The maximum Gasteiger partial charge on any atom is 0.338 e. The van der Waals surface area contributed by atoms with Crippen LogP contribution in [0.1, 0.15) is 31.1 Å². The fourth-order valence-corrected chi connectivity index (χ4v) is 2.47. The summed E-state index contributed by atoms with van der Waals surface area (Å²) in [7, 11) is 1.50. The molecule has 6 nitrogen and oxygen atoms in total. The Morgan fingerprint density at radius 3 is 2.26 bits per heavy atom. The number of carbonyl (C=O) groups excluding carboxylic acids is 2. The molecule has 0 unspecified atom stereocenters. The molecule has 0 aliphatic heterocycles. The average Bonchev–Trinajstić information content (AvgIpc) is 2.61. The fraction of sp³-hybridized carbons (Fsp3) is 0.300. The molecule has 144 valence electrons. The predicted molar refractivity (Wildman–Crippen MR) is 104 cm³/mol. The van der Waals surface area contributed by atoms with Gasteiger partial charge in [0.15, 0.2) is 6.10 Å². The first-order chi connectivity index (χ1) is 12.8. The Morgan fingerprint density at radius 1 is 1.04 bits per heavy atom. The lowest BCUT2D eigenvalue weighted by molar-refractivity contribution is -0.123. The van der Waals surface area contributed by atoms with E-state index in [1.54, 1.807) is 42.5 Å². The number of carbonyl (C=O) groups is 2. The fourth-order valence-electron chi connectivity index (χ4n) is 2.21. The van der Waals surface area contributed by atoms with Gasteiger partial charge in [-0.2, -0.15) is 0 Å². The highest BCUT2D eigenvalue weighted by atomic mass is 35.5. The maximum atomic E-state index is 12.2. The Labute approximate surface area is 163 Å². The molecule has 0 aliphatic carbocycles. The number of amides is 1. The molecule has 27 heavy (non-hydrogen) atoms. The van der Waals surface area contributed by atoms with Crippen LogP contribution in [0.25, 0.3) is 0 Å². The zero-order valence-corrected chi connectivity index (χ0v) is 16.4. The molecule has 0 spiro atoms. The Kier molecular flexibility index (Phi) is 7.07. The van der Waals surface area contributed by atoms with E-state index in [9.17, 15) is 9.59 Å². The summed E-state index contributed by atoms with van der Waals surface area (Å²) in [6.45, 7) is 5.32. The van der Waals surface area contributed by atoms with Crippen LogP contribution in [0.3, 0.4) is 0 Å². The van der Waals surface area contributed by atoms with Crippen molar-refractivity contribution in [2.24, 2.45) is 0 Å². The van der Waals surface area contributed by atoms with Crippen molar-refractivity contribution in [3.8, 4) is 11.5 Å². The van der Waals surface area contributed by atoms with Gasteiger partial charge in [-0.15, -0.1) is 0 Å². The first kappa shape index (κ1) is 20.6. The summed E-state index contributed by atoms with van der Waals surface area (Å²) in [6.07, 6.45) is -0.942. The molecule has 1 N–H and O–H groups in total. The predicted octanol–water partition coefficient (Wildman–Crippen LogP) is 4.32. The lowest BCUT2D eigenvalue weighted by atomic mass is 10.2. The van der Waals surface area contributed by atoms with E-state index in [1.165, 1.54) is 14.0 Å². The molecule has 1 atom stereocenters. The number of nitrogens with one attached hydrogen (secondary N) is 1. The van der Waals surface area contributed by atoms with Crippen molar-refractivity contribution < 1.29 is 23.8 Å². The van der Waals surface area contributed by atoms with Crippen LogP contribution in [0.2, 0.25) is 5.02 Å². The lowest BCUT2D eigenvalue weighted by Gasteiger charge is -2.14. The van der Waals surface area contributed by atoms with Crippen molar-refractivity contribution in [3.63, 3.8) is 0 Å². The average molecular weight is 392 g/mol. The highest BCUT2D eigenvalue weighted by Gasteiger charge is 2.19. The van der Waals surface area contributed by atoms with Crippen LogP contribution >= 0.6 is 11.6 Å². The van der Waals surface area contributed by atoms with Crippen LogP contribution < -0.4 is 14.8 Å². The smallest absolute Gasteiger partial charge is 0.338 e. The maximum absolute atomic E-state index is 12.2. The van der Waals surface area contributed by atoms with E-state index in [4.69, 9.17) is 25.8 Å². The van der Waals surface area contributed by atoms with E-state index >= 15 is 0 Å². The van der Waals surface area contributed by atoms with Gasteiger partial charge in [0.2, 0.25) is 0 Å². The monoisotopic (exact) mass is 391 g/mol. The first-order valence-corrected chi connectivity index (χ1v) is 8.80. The van der Waals surface area contributed by atoms with Gasteiger partial charge in [0.1, 0.15) is 11.5 Å². The van der Waals surface area contributed by atoms with Gasteiger partial charge in [0.05, 0.1) is 23.8 Å². The molecule has 7 heteroatoms. The lowest BCUT2D eigenvalue weighted by Crippen LogP contribution is -2.30. The summed E-state index contributed by atoms with van der Waals surface area (Å²) in [4.78, 5) is 24.4. The van der Waals surface area contributed by atoms with Gasteiger partial charge in [0.25, 0.3) is 5.91 Å². The van der Waals surface area contributed by atoms with E-state index in [1.807, 2.05) is 13.8 Å². The number of esters is 1. The summed E-state index contributed by atoms with van der Waals surface area (Å²) >= 11 is 6.03. The molecular formula is C20H22ClNO5. The highest BCUT2D eigenvalue weighted by molar-refractivity contribution is 6.32. The van der Waals surface area contributed by atoms with Crippen LogP contribution in [0, 0.1) is 0 Å². The van der Waals surface area contributed by atoms with Gasteiger partial charge in [-0.1, -0.05) is 11.6 Å². The molecule has 0 radical (unpaired) electrons. The minimum Gasteiger partial charge on any atom is -0.495 e. The van der Waals surface area contributed by atoms with E-state index < -0.39 is 18.0 Å². The van der Waals surface area contributed by atoms with Gasteiger partial charge in [-0.05, 0) is 63.2 Å². The molecule has 0 aliphatic rings. The highest BCUT2D eigenvalue weighted by Crippen LogP contribution is 2.27. The van der Waals surface area contributed by atoms with E-state index in [0.29, 0.717) is 27.8 Å². The molecule has 2 aromatic rings. The first-order valence-electron chi connectivity index (χ1n) is 8.42. The summed E-state index contributed by atoms with van der Waals surface area (Å²) in [6, 6.07) is 11.4. The number of hydrogen-bond acceptors (Lipinski definition) is 5. The summed E-state index contributed by atoms with van der Waals surface area (Å²) in [5.41, 5.74) is 0.808. The molecule has 0 saturated heterocycles. The second-order valence-corrected chi connectivity index (χ2v) is 6.48. The minimum atomic E-state index is -0.982. The Hall–Kier alpha value is -2.73. The molecular weight excluding hydrogens is 370 g/mol. The van der Waals surface area contributed by atoms with Crippen LogP contribution in [-0.2, 0) is 9.53 Å². The van der Waals surface area contributed by atoms with Crippen LogP contribution in [-0.4, -0.2) is 31.2 Å². The van der Waals surface area contributed by atoms with Gasteiger partial charge in [0, 0.05) is 5.69 Å². The van der Waals surface area contributed by atoms with E-state index in [2.05, 4.69) is 5.32 Å². The van der Waals surface area contributed by atoms with Gasteiger partial charge >= 0.3 is 5.97 Å². The van der Waals surface area contributed by atoms with Crippen molar-refractivity contribution in [1.82, 2.24) is 0 Å². The van der Waals surface area contributed by atoms with Gasteiger partial charge < -0.3 is 19.5 Å². The standard InChI is InChI=1S/C20H22ClNO5/c1-12(2)26-16-8-5-14(6-9-16)20(24)27-13(3)19(23)22-15-7-10-18(25-4)17(21)11-15/h5-13H,1-4H3,(H,22,23)/t13-/m0/s1. The molecule has 0 bridgehead atoms. The van der Waals surface area contributed by atoms with Crippen molar-refractivity contribution in [1.29, 1.82) is 0 Å². The number of methoxy groups -OCH3 is 1. The number of hydrogen-bond donors (Lipinski definition) is 1. The Balaban J connectivity index is 1.95. The quantitative estimate of drug-likeness (QED) is 0.711. The number of benzene rings is 2. The van der Waals surface area contributed by atoms with Gasteiger partial charge in [-0.3, -0.25) is 4.79 Å². The molecule has 0 saturated carbocycles. The van der Waals surface area contributed by atoms with Crippen molar-refractivity contribution in [3.05, 3.63) is 53.1 Å². The normalized spacial score (nSPS) is 11.6. The number of rotatable bonds is 7. The van der Waals surface area contributed by atoms with Crippen LogP contribution in [0.15, 0.2) is 42.5 Å². The molecule has 0 heterocycles. The van der Waals surface area contributed by atoms with Crippen LogP contribution in [0.5, 0.6) is 11.5 Å². The summed E-state index contributed by atoms with van der Waals surface area (Å²) in [5, 5.41) is 3.01. The number of halogens is 1. The van der Waals surface area contributed by atoms with E-state index in [0.717, 1.165) is 0 Å². The minimum absolute atomic E-state index is 0.0398. The number of ether oxygens (including phenoxy) is 3. The second kappa shape index (κ2) is 9.28. The van der Waals surface area contributed by atoms with Gasteiger partial charge in [-0.25, -0.2) is 4.79 Å². The van der Waals surface area contributed by atoms with Crippen LogP contribution in [0.4, 0.5) is 5.69 Å². The largest absolute Gasteiger partial charge is 0.495 e. The SMILES string of the molecule is COc1ccc(NC(=O)[C@H](C)OC(=O)c2ccc(OC(C)C)cc2)cc1Cl. The zero-order valence-electron chi connectivity index (χ0n) is 15.6. The Morgan fingerprint density at radius 2 is 1.70 bits per heavy atom. The third kappa shape index (κ3) is 5.89. The second-order valence-electron chi connectivity index (χ2n) is 6.08. The topological polar surface area (TPSA) is 73.9 Å². The zero-order chi connectivity index (χ0) is 20.0.